The standard InChI is InChI=1S/C11H10N2O5S2/c14-10(6-9-2-1-5-19-9)13-12-7-8-3-4-11(18-8)20(15,16)17/h1-5,7H,6H2,(H,13,14)(H,15,16,17). The SMILES string of the molecule is O=C(Cc1cccs1)NN=Cc1ccc(S(=O)(=O)O)o1. The normalized spacial score (nSPS) is 11.8. The average molecular weight is 314 g/mol. The number of hydrogen-bond acceptors (Lipinski definition) is 6. The first kappa shape index (κ1) is 14.4. The first-order valence-electron chi connectivity index (χ1n) is 5.37. The van der Waals surface area contributed by atoms with Gasteiger partial charge in [-0.2, -0.15) is 13.5 Å². The Bertz CT molecular complexity index is 716. The molecule has 0 unspecified atom stereocenters. The summed E-state index contributed by atoms with van der Waals surface area (Å²) in [7, 11) is -4.37. The second-order valence-corrected chi connectivity index (χ2v) is 6.07. The minimum Gasteiger partial charge on any atom is -0.441 e. The van der Waals surface area contributed by atoms with Gasteiger partial charge >= 0.3 is 10.1 Å². The van der Waals surface area contributed by atoms with Gasteiger partial charge in [-0.3, -0.25) is 9.35 Å². The van der Waals surface area contributed by atoms with E-state index in [4.69, 9.17) is 8.97 Å². The maximum atomic E-state index is 11.5. The van der Waals surface area contributed by atoms with Gasteiger partial charge in [0.15, 0.2) is 0 Å². The van der Waals surface area contributed by atoms with Crippen LogP contribution in [0, 0.1) is 0 Å². The van der Waals surface area contributed by atoms with E-state index in [2.05, 4.69) is 10.5 Å². The topological polar surface area (TPSA) is 109 Å². The Morgan fingerprint density at radius 1 is 1.45 bits per heavy atom. The second-order valence-electron chi connectivity index (χ2n) is 3.68. The summed E-state index contributed by atoms with van der Waals surface area (Å²) in [5.74, 6) is -0.209. The van der Waals surface area contributed by atoms with Crippen molar-refractivity contribution in [3.63, 3.8) is 0 Å². The summed E-state index contributed by atoms with van der Waals surface area (Å²) in [5, 5.41) is 4.91. The fourth-order valence-corrected chi connectivity index (χ4v) is 2.47. The van der Waals surface area contributed by atoms with Crippen molar-refractivity contribution in [3.8, 4) is 0 Å². The van der Waals surface area contributed by atoms with E-state index in [1.165, 1.54) is 17.4 Å². The minimum absolute atomic E-state index is 0.0917. The molecule has 0 radical (unpaired) electrons. The molecule has 106 valence electrons. The molecule has 0 aliphatic carbocycles. The Balaban J connectivity index is 1.90. The van der Waals surface area contributed by atoms with E-state index in [9.17, 15) is 13.2 Å². The Labute approximate surface area is 118 Å². The van der Waals surface area contributed by atoms with Crippen LogP contribution in [0.3, 0.4) is 0 Å². The fraction of sp³-hybridized carbons (Fsp3) is 0.0909. The lowest BCUT2D eigenvalue weighted by Gasteiger charge is -1.96. The van der Waals surface area contributed by atoms with Crippen LogP contribution in [0.25, 0.3) is 0 Å². The Morgan fingerprint density at radius 3 is 2.85 bits per heavy atom. The van der Waals surface area contributed by atoms with Crippen molar-refractivity contribution in [3.05, 3.63) is 40.3 Å². The zero-order valence-electron chi connectivity index (χ0n) is 10.0. The number of thiophene rings is 1. The summed E-state index contributed by atoms with van der Waals surface area (Å²) < 4.78 is 35.0. The molecule has 0 atom stereocenters. The number of carbonyl (C=O) groups is 1. The molecule has 0 spiro atoms. The maximum Gasteiger partial charge on any atom is 0.328 e. The number of carbonyl (C=O) groups excluding carboxylic acids is 1. The number of hydrogen-bond donors (Lipinski definition) is 2. The third-order valence-corrected chi connectivity index (χ3v) is 3.76. The van der Waals surface area contributed by atoms with Gasteiger partial charge in [0.2, 0.25) is 11.0 Å². The number of rotatable bonds is 5. The molecule has 0 aliphatic heterocycles. The Hall–Kier alpha value is -1.97. The molecule has 9 heteroatoms. The largest absolute Gasteiger partial charge is 0.441 e. The van der Waals surface area contributed by atoms with Gasteiger partial charge in [0.05, 0.1) is 12.6 Å². The van der Waals surface area contributed by atoms with E-state index in [0.717, 1.165) is 17.2 Å². The van der Waals surface area contributed by atoms with Gasteiger partial charge in [0, 0.05) is 4.88 Å². The van der Waals surface area contributed by atoms with Crippen LogP contribution in [0.1, 0.15) is 10.6 Å². The molecule has 0 bridgehead atoms. The summed E-state index contributed by atoms with van der Waals surface area (Å²) in [6, 6.07) is 6.07. The van der Waals surface area contributed by atoms with E-state index in [-0.39, 0.29) is 18.1 Å². The van der Waals surface area contributed by atoms with Gasteiger partial charge in [0.1, 0.15) is 5.76 Å². The van der Waals surface area contributed by atoms with Crippen LogP contribution in [-0.4, -0.2) is 25.1 Å². The predicted molar refractivity (Wildman–Crippen MR) is 72.3 cm³/mol. The molecule has 0 saturated heterocycles. The van der Waals surface area contributed by atoms with Crippen LogP contribution in [0.15, 0.2) is 44.3 Å². The van der Waals surface area contributed by atoms with Crippen LogP contribution in [0.5, 0.6) is 0 Å². The van der Waals surface area contributed by atoms with Crippen molar-refractivity contribution in [1.82, 2.24) is 5.43 Å². The number of furan rings is 1. The van der Waals surface area contributed by atoms with Crippen molar-refractivity contribution < 1.29 is 22.2 Å². The highest BCUT2D eigenvalue weighted by molar-refractivity contribution is 7.85. The molecule has 0 fully saturated rings. The lowest BCUT2D eigenvalue weighted by molar-refractivity contribution is -0.120. The van der Waals surface area contributed by atoms with Crippen LogP contribution >= 0.6 is 11.3 Å². The van der Waals surface area contributed by atoms with E-state index < -0.39 is 15.2 Å². The Kier molecular flexibility index (Phi) is 4.32. The van der Waals surface area contributed by atoms with Crippen molar-refractivity contribution in [2.24, 2.45) is 5.10 Å². The van der Waals surface area contributed by atoms with Gasteiger partial charge in [0.25, 0.3) is 0 Å². The van der Waals surface area contributed by atoms with Crippen LogP contribution < -0.4 is 5.43 Å². The third kappa shape index (κ3) is 4.02. The molecular formula is C11H10N2O5S2. The average Bonchev–Trinajstić information content (AvgIpc) is 2.98. The molecular weight excluding hydrogens is 304 g/mol. The van der Waals surface area contributed by atoms with Gasteiger partial charge in [-0.05, 0) is 23.6 Å². The predicted octanol–water partition coefficient (Wildman–Crippen LogP) is 1.28. The van der Waals surface area contributed by atoms with Gasteiger partial charge in [-0.25, -0.2) is 5.43 Å². The molecule has 0 aromatic carbocycles. The highest BCUT2D eigenvalue weighted by Crippen LogP contribution is 2.11. The van der Waals surface area contributed by atoms with Crippen LogP contribution in [0.2, 0.25) is 0 Å². The lowest BCUT2D eigenvalue weighted by atomic mass is 10.3. The summed E-state index contributed by atoms with van der Waals surface area (Å²) in [4.78, 5) is 12.4. The van der Waals surface area contributed by atoms with Gasteiger partial charge in [-0.1, -0.05) is 6.07 Å². The summed E-state index contributed by atoms with van der Waals surface area (Å²) in [5.41, 5.74) is 2.28. The molecule has 2 aromatic heterocycles. The number of nitrogens with one attached hydrogen (secondary N) is 1. The van der Waals surface area contributed by atoms with E-state index in [0.29, 0.717) is 0 Å². The highest BCUT2D eigenvalue weighted by atomic mass is 32.2. The smallest absolute Gasteiger partial charge is 0.328 e. The van der Waals surface area contributed by atoms with Crippen molar-refractivity contribution in [1.29, 1.82) is 0 Å². The second kappa shape index (κ2) is 5.99. The molecule has 1 amide bonds. The molecule has 2 aromatic rings. The molecule has 2 N–H and O–H groups in total. The number of nitrogens with zero attached hydrogens (tertiary/aromatic N) is 1. The molecule has 0 aliphatic rings. The fourth-order valence-electron chi connectivity index (χ4n) is 1.32. The van der Waals surface area contributed by atoms with Crippen LogP contribution in [0.4, 0.5) is 0 Å². The lowest BCUT2D eigenvalue weighted by Crippen LogP contribution is -2.19. The van der Waals surface area contributed by atoms with Crippen molar-refractivity contribution >= 4 is 33.6 Å². The van der Waals surface area contributed by atoms with E-state index in [1.54, 1.807) is 0 Å². The van der Waals surface area contributed by atoms with Crippen molar-refractivity contribution in [2.75, 3.05) is 0 Å². The number of amides is 1. The number of hydrazone groups is 1. The minimum atomic E-state index is -4.37. The molecule has 0 saturated carbocycles. The van der Waals surface area contributed by atoms with Gasteiger partial charge < -0.3 is 4.42 Å². The summed E-state index contributed by atoms with van der Waals surface area (Å²) in [6.45, 7) is 0. The van der Waals surface area contributed by atoms with Crippen molar-refractivity contribution in [2.45, 2.75) is 11.5 Å². The van der Waals surface area contributed by atoms with E-state index >= 15 is 0 Å². The molecule has 7 nitrogen and oxygen atoms in total. The highest BCUT2D eigenvalue weighted by Gasteiger charge is 2.14. The summed E-state index contributed by atoms with van der Waals surface area (Å²) >= 11 is 1.46. The zero-order chi connectivity index (χ0) is 14.6. The quantitative estimate of drug-likeness (QED) is 0.491. The van der Waals surface area contributed by atoms with Gasteiger partial charge in [-0.15, -0.1) is 11.3 Å². The molecule has 20 heavy (non-hydrogen) atoms. The monoisotopic (exact) mass is 314 g/mol. The first-order valence-corrected chi connectivity index (χ1v) is 7.69. The maximum absolute atomic E-state index is 11.5. The zero-order valence-corrected chi connectivity index (χ0v) is 11.6. The molecule has 2 rings (SSSR count). The molecule has 2 heterocycles. The summed E-state index contributed by atoms with van der Waals surface area (Å²) in [6.07, 6.45) is 1.35. The van der Waals surface area contributed by atoms with E-state index in [1.807, 2.05) is 17.5 Å². The third-order valence-electron chi connectivity index (χ3n) is 2.15. The van der Waals surface area contributed by atoms with Crippen LogP contribution in [-0.2, 0) is 21.3 Å². The Morgan fingerprint density at radius 2 is 2.25 bits per heavy atom. The first-order chi connectivity index (χ1) is 9.45.